The average molecular weight is 463 g/mol. The number of benzene rings is 3. The van der Waals surface area contributed by atoms with Gasteiger partial charge in [0.05, 0.1) is 6.42 Å². The molecule has 1 aliphatic heterocycles. The molecule has 0 saturated heterocycles. The van der Waals surface area contributed by atoms with Gasteiger partial charge in [-0.2, -0.15) is 0 Å². The van der Waals surface area contributed by atoms with Gasteiger partial charge in [0.1, 0.15) is 17.7 Å². The zero-order valence-electron chi connectivity index (χ0n) is 18.4. The van der Waals surface area contributed by atoms with E-state index in [1.165, 1.54) is 6.92 Å². The van der Waals surface area contributed by atoms with Gasteiger partial charge in [-0.1, -0.05) is 54.6 Å². The molecule has 2 atom stereocenters. The van der Waals surface area contributed by atoms with Crippen LogP contribution in [0.15, 0.2) is 72.8 Å². The fourth-order valence-electron chi connectivity index (χ4n) is 4.19. The molecule has 1 unspecified atom stereocenters. The highest BCUT2D eigenvalue weighted by Crippen LogP contribution is 2.35. The van der Waals surface area contributed by atoms with Crippen LogP contribution in [0.3, 0.4) is 0 Å². The lowest BCUT2D eigenvalue weighted by molar-refractivity contribution is -0.134. The smallest absolute Gasteiger partial charge is 0.255 e. The molecule has 4 rings (SSSR count). The van der Waals surface area contributed by atoms with Crippen molar-refractivity contribution in [1.82, 2.24) is 16.0 Å². The van der Waals surface area contributed by atoms with Crippen LogP contribution < -0.4 is 16.0 Å². The molecule has 3 amide bonds. The van der Waals surface area contributed by atoms with E-state index in [4.69, 9.17) is 0 Å². The van der Waals surface area contributed by atoms with Gasteiger partial charge in [-0.15, -0.1) is 0 Å². The van der Waals surface area contributed by atoms with Crippen LogP contribution in [0.1, 0.15) is 29.2 Å². The van der Waals surface area contributed by atoms with Crippen LogP contribution in [0.4, 0.5) is 8.78 Å². The Labute approximate surface area is 195 Å². The Morgan fingerprint density at radius 3 is 2.35 bits per heavy atom. The Hall–Kier alpha value is -4.07. The molecular weight excluding hydrogens is 440 g/mol. The summed E-state index contributed by atoms with van der Waals surface area (Å²) in [5.41, 5.74) is 0.728. The number of halogens is 2. The molecule has 0 aliphatic carbocycles. The van der Waals surface area contributed by atoms with Crippen LogP contribution >= 0.6 is 0 Å². The number of nitrogens with one attached hydrogen (secondary N) is 3. The molecule has 0 radical (unpaired) electrons. The average Bonchev–Trinajstić information content (AvgIpc) is 2.80. The molecule has 0 fully saturated rings. The molecular formula is C26H23F2N3O3. The molecule has 174 valence electrons. The molecule has 3 aromatic rings. The second kappa shape index (κ2) is 9.43. The predicted molar refractivity (Wildman–Crippen MR) is 121 cm³/mol. The molecule has 0 aromatic heterocycles. The van der Waals surface area contributed by atoms with Crippen LogP contribution in [0, 0.1) is 11.6 Å². The number of carbonyl (C=O) groups is 3. The third kappa shape index (κ3) is 4.52. The molecule has 3 N–H and O–H groups in total. The Bertz CT molecular complexity index is 1230. The Morgan fingerprint density at radius 1 is 1.00 bits per heavy atom. The highest BCUT2D eigenvalue weighted by atomic mass is 19.1. The predicted octanol–water partition coefficient (Wildman–Crippen LogP) is 2.70. The lowest BCUT2D eigenvalue weighted by Crippen LogP contribution is -2.62. The van der Waals surface area contributed by atoms with Gasteiger partial charge in [-0.05, 0) is 41.3 Å². The van der Waals surface area contributed by atoms with E-state index in [-0.39, 0.29) is 17.9 Å². The molecule has 3 aromatic carbocycles. The van der Waals surface area contributed by atoms with Crippen LogP contribution in [0.25, 0.3) is 0 Å². The number of rotatable bonds is 6. The summed E-state index contributed by atoms with van der Waals surface area (Å²) in [6.07, 6.45) is -0.306. The molecule has 0 saturated carbocycles. The third-order valence-corrected chi connectivity index (χ3v) is 5.78. The maximum Gasteiger partial charge on any atom is 0.255 e. The van der Waals surface area contributed by atoms with Gasteiger partial charge < -0.3 is 16.0 Å². The summed E-state index contributed by atoms with van der Waals surface area (Å²) in [6.45, 7) is 1.81. The van der Waals surface area contributed by atoms with Gasteiger partial charge in [-0.3, -0.25) is 14.4 Å². The van der Waals surface area contributed by atoms with Crippen molar-refractivity contribution < 1.29 is 23.2 Å². The normalized spacial score (nSPS) is 17.8. The van der Waals surface area contributed by atoms with Gasteiger partial charge in [0.15, 0.2) is 5.54 Å². The van der Waals surface area contributed by atoms with Crippen molar-refractivity contribution in [2.75, 3.05) is 0 Å². The number of hydrogen-bond acceptors (Lipinski definition) is 3. The minimum Gasteiger partial charge on any atom is -0.349 e. The maximum absolute atomic E-state index is 13.4. The van der Waals surface area contributed by atoms with Gasteiger partial charge in [0.25, 0.3) is 5.91 Å². The third-order valence-electron chi connectivity index (χ3n) is 5.78. The van der Waals surface area contributed by atoms with Crippen molar-refractivity contribution >= 4 is 17.7 Å². The van der Waals surface area contributed by atoms with Gasteiger partial charge >= 0.3 is 0 Å². The summed E-state index contributed by atoms with van der Waals surface area (Å²) in [7, 11) is 0. The summed E-state index contributed by atoms with van der Waals surface area (Å²) in [6, 6.07) is 18.0. The van der Waals surface area contributed by atoms with Crippen molar-refractivity contribution in [3.05, 3.63) is 107 Å². The minimum absolute atomic E-state index is 0.143. The largest absolute Gasteiger partial charge is 0.349 e. The zero-order chi connectivity index (χ0) is 24.3. The molecule has 1 aliphatic rings. The molecule has 1 heterocycles. The molecule has 0 spiro atoms. The second-order valence-corrected chi connectivity index (χ2v) is 8.19. The fraction of sp³-hybridized carbons (Fsp3) is 0.192. The van der Waals surface area contributed by atoms with E-state index in [9.17, 15) is 23.2 Å². The summed E-state index contributed by atoms with van der Waals surface area (Å²) < 4.78 is 26.8. The van der Waals surface area contributed by atoms with E-state index in [0.29, 0.717) is 23.7 Å². The SMILES string of the molecule is C[C@H](NC(=O)Cc1cc(F)cc(F)c1)C(=O)NC1(c2ccccc2)C(=O)NCc2ccccc21. The molecule has 0 bridgehead atoms. The maximum atomic E-state index is 13.4. The number of fused-ring (bicyclic) bond motifs is 1. The Kier molecular flexibility index (Phi) is 6.40. The van der Waals surface area contributed by atoms with E-state index < -0.39 is 35.0 Å². The Morgan fingerprint density at radius 2 is 1.65 bits per heavy atom. The standard InChI is InChI=1S/C26H23F2N3O3/c1-16(30-23(32)13-17-11-20(27)14-21(28)12-17)24(33)31-26(19-8-3-2-4-9-19)22-10-6-5-7-18(22)15-29-25(26)34/h2-12,14,16H,13,15H2,1H3,(H,29,34)(H,30,32)(H,31,33)/t16-,26?/m0/s1. The lowest BCUT2D eigenvalue weighted by Gasteiger charge is -2.39. The topological polar surface area (TPSA) is 87.3 Å². The van der Waals surface area contributed by atoms with Crippen molar-refractivity contribution in [2.24, 2.45) is 0 Å². The monoisotopic (exact) mass is 463 g/mol. The van der Waals surface area contributed by atoms with E-state index in [2.05, 4.69) is 16.0 Å². The quantitative estimate of drug-likeness (QED) is 0.525. The Balaban J connectivity index is 1.58. The first-order valence-electron chi connectivity index (χ1n) is 10.8. The van der Waals surface area contributed by atoms with Gasteiger partial charge in [-0.25, -0.2) is 8.78 Å². The van der Waals surface area contributed by atoms with Crippen molar-refractivity contribution in [1.29, 1.82) is 0 Å². The highest BCUT2D eigenvalue weighted by Gasteiger charge is 2.47. The number of carbonyl (C=O) groups excluding carboxylic acids is 3. The zero-order valence-corrected chi connectivity index (χ0v) is 18.4. The summed E-state index contributed by atoms with van der Waals surface area (Å²) in [4.78, 5) is 38.9. The summed E-state index contributed by atoms with van der Waals surface area (Å²) in [5.74, 6) is -3.15. The first-order valence-corrected chi connectivity index (χ1v) is 10.8. The first-order chi connectivity index (χ1) is 16.3. The van der Waals surface area contributed by atoms with Crippen LogP contribution in [0.2, 0.25) is 0 Å². The lowest BCUT2D eigenvalue weighted by atomic mass is 9.77. The number of hydrogen-bond donors (Lipinski definition) is 3. The fourth-order valence-corrected chi connectivity index (χ4v) is 4.19. The van der Waals surface area contributed by atoms with E-state index in [0.717, 1.165) is 17.7 Å². The van der Waals surface area contributed by atoms with Gasteiger partial charge in [0.2, 0.25) is 11.8 Å². The van der Waals surface area contributed by atoms with Crippen LogP contribution in [-0.2, 0) is 32.9 Å². The summed E-state index contributed by atoms with van der Waals surface area (Å²) >= 11 is 0. The van der Waals surface area contributed by atoms with Crippen molar-refractivity contribution in [3.63, 3.8) is 0 Å². The first kappa shape index (κ1) is 23.1. The van der Waals surface area contributed by atoms with E-state index >= 15 is 0 Å². The van der Waals surface area contributed by atoms with Crippen LogP contribution in [0.5, 0.6) is 0 Å². The van der Waals surface area contributed by atoms with Crippen molar-refractivity contribution in [3.8, 4) is 0 Å². The van der Waals surface area contributed by atoms with E-state index in [1.54, 1.807) is 36.4 Å². The van der Waals surface area contributed by atoms with E-state index in [1.807, 2.05) is 18.2 Å². The van der Waals surface area contributed by atoms with Crippen molar-refractivity contribution in [2.45, 2.75) is 31.5 Å². The highest BCUT2D eigenvalue weighted by molar-refractivity contribution is 5.99. The number of amides is 3. The second-order valence-electron chi connectivity index (χ2n) is 8.19. The minimum atomic E-state index is -1.49. The molecule has 6 nitrogen and oxygen atoms in total. The molecule has 34 heavy (non-hydrogen) atoms. The van der Waals surface area contributed by atoms with Crippen LogP contribution in [-0.4, -0.2) is 23.8 Å². The van der Waals surface area contributed by atoms with Gasteiger partial charge in [0, 0.05) is 12.6 Å². The summed E-state index contributed by atoms with van der Waals surface area (Å²) in [5, 5.41) is 8.24. The molecule has 8 heteroatoms.